The van der Waals surface area contributed by atoms with Crippen LogP contribution < -0.4 is 5.32 Å². The van der Waals surface area contributed by atoms with Gasteiger partial charge in [-0.05, 0) is 42.7 Å². The topological polar surface area (TPSA) is 12.0 Å². The predicted molar refractivity (Wildman–Crippen MR) is 80.2 cm³/mol. The first-order valence-electron chi connectivity index (χ1n) is 7.19. The van der Waals surface area contributed by atoms with Crippen molar-refractivity contribution in [1.82, 2.24) is 0 Å². The predicted octanol–water partition coefficient (Wildman–Crippen LogP) is 5.35. The highest BCUT2D eigenvalue weighted by molar-refractivity contribution is 6.31. The molecule has 0 bridgehead atoms. The molecule has 0 radical (unpaired) electrons. The van der Waals surface area contributed by atoms with Crippen molar-refractivity contribution >= 4 is 17.3 Å². The van der Waals surface area contributed by atoms with Gasteiger partial charge in [-0.3, -0.25) is 0 Å². The van der Waals surface area contributed by atoms with Gasteiger partial charge in [-0.15, -0.1) is 0 Å². The van der Waals surface area contributed by atoms with Crippen LogP contribution in [0.3, 0.4) is 0 Å². The third-order valence-electron chi connectivity index (χ3n) is 4.31. The summed E-state index contributed by atoms with van der Waals surface area (Å²) in [5, 5.41) is 3.58. The average molecular weight is 284 g/mol. The zero-order chi connectivity index (χ0) is 14.0. The van der Waals surface area contributed by atoms with Crippen molar-refractivity contribution in [2.45, 2.75) is 46.1 Å². The van der Waals surface area contributed by atoms with E-state index >= 15 is 0 Å². The Morgan fingerprint density at radius 2 is 2.05 bits per heavy atom. The molecule has 3 atom stereocenters. The van der Waals surface area contributed by atoms with Gasteiger partial charge in [0.2, 0.25) is 0 Å². The number of anilines is 1. The summed E-state index contributed by atoms with van der Waals surface area (Å²) in [6.45, 7) is 6.78. The fourth-order valence-electron chi connectivity index (χ4n) is 3.18. The molecule has 3 unspecified atom stereocenters. The summed E-state index contributed by atoms with van der Waals surface area (Å²) in [5.74, 6) is 1.60. The van der Waals surface area contributed by atoms with E-state index in [1.54, 1.807) is 18.2 Å². The summed E-state index contributed by atoms with van der Waals surface area (Å²) in [6.07, 6.45) is 3.60. The lowest BCUT2D eigenvalue weighted by molar-refractivity contribution is 0.211. The Morgan fingerprint density at radius 3 is 2.74 bits per heavy atom. The number of hydrogen-bond donors (Lipinski definition) is 1. The monoisotopic (exact) mass is 283 g/mol. The molecular weight excluding hydrogens is 261 g/mol. The molecule has 1 aromatic rings. The molecule has 0 spiro atoms. The van der Waals surface area contributed by atoms with Crippen molar-refractivity contribution in [3.05, 3.63) is 29.0 Å². The summed E-state index contributed by atoms with van der Waals surface area (Å²) in [7, 11) is 0. The SMILES string of the molecule is CC1CCC(C(C)C)C(Nc2cccc(Cl)c2F)C1. The number of nitrogens with one attached hydrogen (secondary N) is 1. The Balaban J connectivity index is 2.16. The van der Waals surface area contributed by atoms with Crippen LogP contribution in [0, 0.1) is 23.6 Å². The standard InChI is InChI=1S/C16H23ClFN/c1-10(2)12-8-7-11(3)9-15(12)19-14-6-4-5-13(17)16(14)18/h4-6,10-12,15,19H,7-9H2,1-3H3. The molecule has 1 aliphatic rings. The average Bonchev–Trinajstić information content (AvgIpc) is 2.35. The van der Waals surface area contributed by atoms with Gasteiger partial charge in [0.05, 0.1) is 10.7 Å². The molecule has 3 heteroatoms. The van der Waals surface area contributed by atoms with Crippen LogP contribution in [0.1, 0.15) is 40.0 Å². The zero-order valence-corrected chi connectivity index (χ0v) is 12.7. The smallest absolute Gasteiger partial charge is 0.164 e. The van der Waals surface area contributed by atoms with Crippen LogP contribution in [0.4, 0.5) is 10.1 Å². The minimum atomic E-state index is -0.329. The second-order valence-corrected chi connectivity index (χ2v) is 6.59. The maximum absolute atomic E-state index is 14.0. The van der Waals surface area contributed by atoms with Gasteiger partial charge in [0.25, 0.3) is 0 Å². The molecule has 1 fully saturated rings. The minimum Gasteiger partial charge on any atom is -0.380 e. The van der Waals surface area contributed by atoms with Gasteiger partial charge in [0.15, 0.2) is 5.82 Å². The van der Waals surface area contributed by atoms with Crippen molar-refractivity contribution in [2.75, 3.05) is 5.32 Å². The van der Waals surface area contributed by atoms with Crippen molar-refractivity contribution in [1.29, 1.82) is 0 Å². The highest BCUT2D eigenvalue weighted by atomic mass is 35.5. The van der Waals surface area contributed by atoms with E-state index in [9.17, 15) is 4.39 Å². The Bertz CT molecular complexity index is 433. The van der Waals surface area contributed by atoms with Gasteiger partial charge < -0.3 is 5.32 Å². The zero-order valence-electron chi connectivity index (χ0n) is 11.9. The van der Waals surface area contributed by atoms with Crippen molar-refractivity contribution in [3.63, 3.8) is 0 Å². The van der Waals surface area contributed by atoms with Crippen LogP contribution in [0.5, 0.6) is 0 Å². The molecule has 1 N–H and O–H groups in total. The van der Waals surface area contributed by atoms with Crippen LogP contribution in [-0.2, 0) is 0 Å². The second-order valence-electron chi connectivity index (χ2n) is 6.18. The first-order valence-corrected chi connectivity index (χ1v) is 7.57. The Hall–Kier alpha value is -0.760. The summed E-state index contributed by atoms with van der Waals surface area (Å²) in [6, 6.07) is 5.50. The van der Waals surface area contributed by atoms with Gasteiger partial charge in [-0.25, -0.2) is 4.39 Å². The van der Waals surface area contributed by atoms with Crippen LogP contribution in [0.15, 0.2) is 18.2 Å². The summed E-state index contributed by atoms with van der Waals surface area (Å²) in [5.41, 5.74) is 0.539. The van der Waals surface area contributed by atoms with Gasteiger partial charge in [0, 0.05) is 6.04 Å². The quantitative estimate of drug-likeness (QED) is 0.788. The van der Waals surface area contributed by atoms with E-state index in [0.29, 0.717) is 29.5 Å². The molecule has 106 valence electrons. The van der Waals surface area contributed by atoms with Crippen molar-refractivity contribution < 1.29 is 4.39 Å². The van der Waals surface area contributed by atoms with Gasteiger partial charge >= 0.3 is 0 Å². The molecule has 0 aromatic heterocycles. The second kappa shape index (κ2) is 6.13. The Kier molecular flexibility index (Phi) is 4.72. The molecule has 1 saturated carbocycles. The van der Waals surface area contributed by atoms with E-state index in [0.717, 1.165) is 6.42 Å². The van der Waals surface area contributed by atoms with Gasteiger partial charge in [0.1, 0.15) is 0 Å². The van der Waals surface area contributed by atoms with Gasteiger partial charge in [-0.2, -0.15) is 0 Å². The highest BCUT2D eigenvalue weighted by Gasteiger charge is 2.31. The van der Waals surface area contributed by atoms with Crippen molar-refractivity contribution in [2.24, 2.45) is 17.8 Å². The van der Waals surface area contributed by atoms with Crippen LogP contribution in [0.2, 0.25) is 5.02 Å². The molecule has 1 aliphatic carbocycles. The molecule has 2 rings (SSSR count). The van der Waals surface area contributed by atoms with E-state index in [2.05, 4.69) is 26.1 Å². The molecule has 1 nitrogen and oxygen atoms in total. The lowest BCUT2D eigenvalue weighted by Crippen LogP contribution is -2.38. The molecular formula is C16H23ClFN. The van der Waals surface area contributed by atoms with E-state index in [-0.39, 0.29) is 10.8 Å². The highest BCUT2D eigenvalue weighted by Crippen LogP contribution is 2.36. The Morgan fingerprint density at radius 1 is 1.32 bits per heavy atom. The van der Waals surface area contributed by atoms with Crippen LogP contribution in [-0.4, -0.2) is 6.04 Å². The fraction of sp³-hybridized carbons (Fsp3) is 0.625. The Labute approximate surface area is 120 Å². The lowest BCUT2D eigenvalue weighted by Gasteiger charge is -2.38. The lowest BCUT2D eigenvalue weighted by atomic mass is 9.74. The van der Waals surface area contributed by atoms with E-state index in [4.69, 9.17) is 11.6 Å². The largest absolute Gasteiger partial charge is 0.380 e. The summed E-state index contributed by atoms with van der Waals surface area (Å²) < 4.78 is 14.0. The van der Waals surface area contributed by atoms with Crippen molar-refractivity contribution in [3.8, 4) is 0 Å². The van der Waals surface area contributed by atoms with E-state index < -0.39 is 0 Å². The third-order valence-corrected chi connectivity index (χ3v) is 4.61. The molecule has 0 aliphatic heterocycles. The first-order chi connectivity index (χ1) is 8.99. The van der Waals surface area contributed by atoms with Crippen LogP contribution in [0.25, 0.3) is 0 Å². The number of benzene rings is 1. The maximum atomic E-state index is 14.0. The molecule has 0 heterocycles. The van der Waals surface area contributed by atoms with E-state index in [1.165, 1.54) is 12.8 Å². The summed E-state index contributed by atoms with van der Waals surface area (Å²) >= 11 is 5.84. The maximum Gasteiger partial charge on any atom is 0.164 e. The van der Waals surface area contributed by atoms with Gasteiger partial charge in [-0.1, -0.05) is 44.9 Å². The molecule has 19 heavy (non-hydrogen) atoms. The fourth-order valence-corrected chi connectivity index (χ4v) is 3.36. The minimum absolute atomic E-state index is 0.190. The molecule has 1 aromatic carbocycles. The summed E-state index contributed by atoms with van der Waals surface area (Å²) in [4.78, 5) is 0. The molecule has 0 saturated heterocycles. The number of hydrogen-bond acceptors (Lipinski definition) is 1. The normalized spacial score (nSPS) is 27.6. The number of halogens is 2. The third kappa shape index (κ3) is 3.42. The number of rotatable bonds is 3. The first kappa shape index (κ1) is 14.6. The van der Waals surface area contributed by atoms with E-state index in [1.807, 2.05) is 0 Å². The van der Waals surface area contributed by atoms with Crippen LogP contribution >= 0.6 is 11.6 Å². The molecule has 0 amide bonds.